The number of hydrogen-bond donors (Lipinski definition) is 2. The van der Waals surface area contributed by atoms with Crippen LogP contribution in [0.4, 0.5) is 0 Å². The second-order valence-corrected chi connectivity index (χ2v) is 5.43. The highest BCUT2D eigenvalue weighted by atomic mass is 32.1. The number of carbonyl (C=O) groups is 2. The second-order valence-electron chi connectivity index (χ2n) is 4.49. The largest absolute Gasteiger partial charge is 0.342 e. The van der Waals surface area contributed by atoms with Crippen molar-refractivity contribution in [3.8, 4) is 0 Å². The molecule has 1 aromatic rings. The lowest BCUT2D eigenvalue weighted by atomic mass is 10.4. The van der Waals surface area contributed by atoms with E-state index < -0.39 is 0 Å². The summed E-state index contributed by atoms with van der Waals surface area (Å²) in [6.07, 6.45) is 0. The average molecular weight is 282 g/mol. The summed E-state index contributed by atoms with van der Waals surface area (Å²) in [5.41, 5.74) is 2.80. The Balaban J connectivity index is 1.69. The molecule has 1 saturated heterocycles. The highest BCUT2D eigenvalue weighted by Gasteiger charge is 2.16. The molecule has 19 heavy (non-hydrogen) atoms. The summed E-state index contributed by atoms with van der Waals surface area (Å²) in [5, 5.41) is 6.33. The van der Waals surface area contributed by atoms with Crippen molar-refractivity contribution in [3.05, 3.63) is 22.4 Å². The summed E-state index contributed by atoms with van der Waals surface area (Å²) < 4.78 is 0. The molecular weight excluding hydrogens is 264 g/mol. The molecule has 0 radical (unpaired) electrons. The van der Waals surface area contributed by atoms with Gasteiger partial charge in [-0.05, 0) is 18.5 Å². The zero-order valence-corrected chi connectivity index (χ0v) is 11.7. The van der Waals surface area contributed by atoms with E-state index in [1.165, 1.54) is 11.3 Å². The third-order valence-corrected chi connectivity index (χ3v) is 3.81. The minimum absolute atomic E-state index is 0.00305. The molecule has 1 aliphatic heterocycles. The van der Waals surface area contributed by atoms with Gasteiger partial charge in [0.1, 0.15) is 0 Å². The molecule has 7 heteroatoms. The molecule has 2 N–H and O–H groups in total. The van der Waals surface area contributed by atoms with Crippen LogP contribution >= 0.6 is 11.3 Å². The molecule has 1 aromatic heterocycles. The monoisotopic (exact) mass is 282 g/mol. The number of nitrogens with zero attached hydrogens (tertiary/aromatic N) is 2. The molecule has 1 fully saturated rings. The van der Waals surface area contributed by atoms with E-state index in [1.54, 1.807) is 6.07 Å². The van der Waals surface area contributed by atoms with Gasteiger partial charge in [-0.15, -0.1) is 11.3 Å². The highest BCUT2D eigenvalue weighted by molar-refractivity contribution is 7.12. The van der Waals surface area contributed by atoms with Crippen molar-refractivity contribution in [3.63, 3.8) is 0 Å². The first-order valence-electron chi connectivity index (χ1n) is 6.20. The Labute approximate surface area is 116 Å². The predicted octanol–water partition coefficient (Wildman–Crippen LogP) is -0.243. The molecule has 2 heterocycles. The molecule has 0 bridgehead atoms. The smallest absolute Gasteiger partial charge is 0.261 e. The minimum atomic E-state index is -0.205. The van der Waals surface area contributed by atoms with Gasteiger partial charge in [-0.2, -0.15) is 0 Å². The van der Waals surface area contributed by atoms with Crippen LogP contribution in [0.15, 0.2) is 17.5 Å². The molecule has 6 nitrogen and oxygen atoms in total. The Morgan fingerprint density at radius 1 is 1.32 bits per heavy atom. The number of hydrazine groups is 1. The molecule has 2 rings (SSSR count). The maximum Gasteiger partial charge on any atom is 0.261 e. The fourth-order valence-corrected chi connectivity index (χ4v) is 2.43. The lowest BCUT2D eigenvalue weighted by Crippen LogP contribution is -2.54. The van der Waals surface area contributed by atoms with Crippen molar-refractivity contribution in [1.82, 2.24) is 20.7 Å². The number of amides is 2. The van der Waals surface area contributed by atoms with Gasteiger partial charge >= 0.3 is 0 Å². The molecular formula is C12H18N4O2S. The Morgan fingerprint density at radius 3 is 2.68 bits per heavy atom. The normalized spacial score (nSPS) is 17.1. The van der Waals surface area contributed by atoms with Gasteiger partial charge in [-0.25, -0.2) is 5.01 Å². The molecule has 104 valence electrons. The van der Waals surface area contributed by atoms with Crippen molar-refractivity contribution >= 4 is 23.2 Å². The van der Waals surface area contributed by atoms with Gasteiger partial charge in [0.25, 0.3) is 11.8 Å². The Hall–Kier alpha value is -1.44. The molecule has 1 aliphatic rings. The van der Waals surface area contributed by atoms with E-state index in [0.29, 0.717) is 4.88 Å². The predicted molar refractivity (Wildman–Crippen MR) is 73.9 cm³/mol. The molecule has 0 unspecified atom stereocenters. The highest BCUT2D eigenvalue weighted by Crippen LogP contribution is 2.07. The van der Waals surface area contributed by atoms with E-state index in [-0.39, 0.29) is 18.4 Å². The van der Waals surface area contributed by atoms with E-state index in [2.05, 4.69) is 22.7 Å². The zero-order chi connectivity index (χ0) is 13.7. The van der Waals surface area contributed by atoms with Crippen LogP contribution in [0, 0.1) is 0 Å². The fourth-order valence-electron chi connectivity index (χ4n) is 1.79. The molecule has 0 aromatic carbocycles. The van der Waals surface area contributed by atoms with E-state index in [4.69, 9.17) is 0 Å². The van der Waals surface area contributed by atoms with Gasteiger partial charge in [-0.1, -0.05) is 6.07 Å². The number of thiophene rings is 1. The number of piperazine rings is 1. The van der Waals surface area contributed by atoms with Crippen molar-refractivity contribution < 1.29 is 9.59 Å². The Bertz CT molecular complexity index is 427. The van der Waals surface area contributed by atoms with E-state index in [1.807, 2.05) is 16.5 Å². The summed E-state index contributed by atoms with van der Waals surface area (Å²) in [4.78, 5) is 26.2. The first-order chi connectivity index (χ1) is 9.15. The van der Waals surface area contributed by atoms with Gasteiger partial charge in [0.15, 0.2) is 0 Å². The summed E-state index contributed by atoms with van der Waals surface area (Å²) in [5.74, 6) is -0.391. The Morgan fingerprint density at radius 2 is 2.05 bits per heavy atom. The Kier molecular flexibility index (Phi) is 4.89. The third-order valence-electron chi connectivity index (χ3n) is 2.94. The van der Waals surface area contributed by atoms with Crippen molar-refractivity contribution in [2.75, 3.05) is 39.8 Å². The lowest BCUT2D eigenvalue weighted by Gasteiger charge is -2.32. The van der Waals surface area contributed by atoms with Crippen LogP contribution in [0.5, 0.6) is 0 Å². The molecule has 0 spiro atoms. The maximum atomic E-state index is 11.7. The first-order valence-corrected chi connectivity index (χ1v) is 7.08. The van der Waals surface area contributed by atoms with Crippen molar-refractivity contribution in [1.29, 1.82) is 0 Å². The topological polar surface area (TPSA) is 64.7 Å². The maximum absolute atomic E-state index is 11.7. The average Bonchev–Trinajstić information content (AvgIpc) is 2.93. The van der Waals surface area contributed by atoms with Gasteiger partial charge in [0.05, 0.1) is 11.4 Å². The number of likely N-dealkylation sites (N-methyl/N-ethyl adjacent to an activating group) is 1. The van der Waals surface area contributed by atoms with Gasteiger partial charge < -0.3 is 10.2 Å². The zero-order valence-electron chi connectivity index (χ0n) is 10.9. The van der Waals surface area contributed by atoms with Crippen LogP contribution in [0.2, 0.25) is 0 Å². The van der Waals surface area contributed by atoms with Crippen LogP contribution in [0.1, 0.15) is 9.67 Å². The standard InChI is InChI=1S/C12H18N4O2S/c1-15-4-6-16(7-5-15)14-11(17)9-13-12(18)10-3-2-8-19-10/h2-3,8H,4-7,9H2,1H3,(H,13,18)(H,14,17). The van der Waals surface area contributed by atoms with Crippen molar-refractivity contribution in [2.45, 2.75) is 0 Å². The summed E-state index contributed by atoms with van der Waals surface area (Å²) >= 11 is 1.36. The van der Waals surface area contributed by atoms with E-state index >= 15 is 0 Å². The molecule has 0 atom stereocenters. The summed E-state index contributed by atoms with van der Waals surface area (Å²) in [6, 6.07) is 3.54. The third kappa shape index (κ3) is 4.30. The fraction of sp³-hybridized carbons (Fsp3) is 0.500. The number of hydrogen-bond acceptors (Lipinski definition) is 5. The lowest BCUT2D eigenvalue weighted by molar-refractivity contribution is -0.125. The van der Waals surface area contributed by atoms with Crippen LogP contribution in [-0.4, -0.2) is 61.5 Å². The summed E-state index contributed by atoms with van der Waals surface area (Å²) in [7, 11) is 2.06. The number of nitrogens with one attached hydrogen (secondary N) is 2. The minimum Gasteiger partial charge on any atom is -0.342 e. The quantitative estimate of drug-likeness (QED) is 0.800. The van der Waals surface area contributed by atoms with E-state index in [0.717, 1.165) is 26.2 Å². The van der Waals surface area contributed by atoms with Gasteiger partial charge in [0, 0.05) is 26.2 Å². The van der Waals surface area contributed by atoms with Gasteiger partial charge in [0.2, 0.25) is 0 Å². The van der Waals surface area contributed by atoms with Crippen LogP contribution in [0.3, 0.4) is 0 Å². The van der Waals surface area contributed by atoms with Crippen LogP contribution < -0.4 is 10.7 Å². The second kappa shape index (κ2) is 6.65. The van der Waals surface area contributed by atoms with Gasteiger partial charge in [-0.3, -0.25) is 15.0 Å². The SMILES string of the molecule is CN1CCN(NC(=O)CNC(=O)c2cccs2)CC1. The van der Waals surface area contributed by atoms with Crippen LogP contribution in [-0.2, 0) is 4.79 Å². The molecule has 0 aliphatic carbocycles. The van der Waals surface area contributed by atoms with Crippen molar-refractivity contribution in [2.24, 2.45) is 0 Å². The summed E-state index contributed by atoms with van der Waals surface area (Å²) in [6.45, 7) is 3.48. The number of carbonyl (C=O) groups excluding carboxylic acids is 2. The van der Waals surface area contributed by atoms with Crippen LogP contribution in [0.25, 0.3) is 0 Å². The molecule has 2 amide bonds. The molecule has 0 saturated carbocycles. The number of rotatable bonds is 4. The van der Waals surface area contributed by atoms with E-state index in [9.17, 15) is 9.59 Å². The first kappa shape index (κ1) is 14.0.